The summed E-state index contributed by atoms with van der Waals surface area (Å²) in [6.07, 6.45) is 0.918. The van der Waals surface area contributed by atoms with Crippen molar-refractivity contribution in [2.24, 2.45) is 0 Å². The maximum absolute atomic E-state index is 5.79. The average molecular weight is 258 g/mol. The summed E-state index contributed by atoms with van der Waals surface area (Å²) in [6.45, 7) is 2.06. The number of rotatable bonds is 3. The minimum atomic E-state index is 0.500. The molecular weight excluding hydrogens is 250 g/mol. The Bertz CT molecular complexity index is 458. The standard InChI is InChI=1S/C9H8ClN3S2/c1-2-7-12-13-9(14-7)15-8-5-3-4-6(10)11-8/h3-5H,2H2,1H3. The lowest BCUT2D eigenvalue weighted by atomic mass is 10.5. The van der Waals surface area contributed by atoms with Crippen molar-refractivity contribution in [3.05, 3.63) is 28.4 Å². The van der Waals surface area contributed by atoms with Gasteiger partial charge in [0.15, 0.2) is 4.34 Å². The minimum absolute atomic E-state index is 0.500. The fraction of sp³-hybridized carbons (Fsp3) is 0.222. The molecule has 15 heavy (non-hydrogen) atoms. The Labute approximate surface area is 101 Å². The predicted molar refractivity (Wildman–Crippen MR) is 62.7 cm³/mol. The topological polar surface area (TPSA) is 38.7 Å². The third-order valence-corrected chi connectivity index (χ3v) is 3.90. The van der Waals surface area contributed by atoms with Gasteiger partial charge in [-0.25, -0.2) is 4.98 Å². The minimum Gasteiger partial charge on any atom is -0.229 e. The number of aromatic nitrogens is 3. The molecule has 0 unspecified atom stereocenters. The highest BCUT2D eigenvalue weighted by Crippen LogP contribution is 2.29. The van der Waals surface area contributed by atoms with E-state index in [1.165, 1.54) is 11.8 Å². The van der Waals surface area contributed by atoms with E-state index in [-0.39, 0.29) is 0 Å². The van der Waals surface area contributed by atoms with Crippen molar-refractivity contribution in [2.75, 3.05) is 0 Å². The number of pyridine rings is 1. The molecule has 0 amide bonds. The van der Waals surface area contributed by atoms with Gasteiger partial charge < -0.3 is 0 Å². The first-order valence-corrected chi connectivity index (χ1v) is 6.42. The summed E-state index contributed by atoms with van der Waals surface area (Å²) < 4.78 is 0.904. The number of aryl methyl sites for hydroxylation is 1. The predicted octanol–water partition coefficient (Wildman–Crippen LogP) is 3.30. The Morgan fingerprint density at radius 3 is 2.93 bits per heavy atom. The summed E-state index contributed by atoms with van der Waals surface area (Å²) in [6, 6.07) is 5.53. The van der Waals surface area contributed by atoms with Gasteiger partial charge in [0.25, 0.3) is 0 Å². The van der Waals surface area contributed by atoms with Gasteiger partial charge in [-0.15, -0.1) is 10.2 Å². The summed E-state index contributed by atoms with van der Waals surface area (Å²) >= 11 is 8.87. The molecule has 0 atom stereocenters. The van der Waals surface area contributed by atoms with Crippen LogP contribution in [0.4, 0.5) is 0 Å². The van der Waals surface area contributed by atoms with E-state index in [9.17, 15) is 0 Å². The van der Waals surface area contributed by atoms with E-state index in [1.54, 1.807) is 17.4 Å². The zero-order valence-corrected chi connectivity index (χ0v) is 10.4. The molecule has 0 radical (unpaired) electrons. The summed E-state index contributed by atoms with van der Waals surface area (Å²) in [5, 5.41) is 10.5. The molecule has 2 heterocycles. The molecule has 2 rings (SSSR count). The molecule has 0 aliphatic heterocycles. The first-order chi connectivity index (χ1) is 7.28. The SMILES string of the molecule is CCc1nnc(Sc2cccc(Cl)n2)s1. The monoisotopic (exact) mass is 257 g/mol. The molecule has 0 saturated heterocycles. The molecule has 0 fully saturated rings. The van der Waals surface area contributed by atoms with E-state index in [1.807, 2.05) is 12.1 Å². The van der Waals surface area contributed by atoms with Gasteiger partial charge in [-0.05, 0) is 30.3 Å². The lowest BCUT2D eigenvalue weighted by Crippen LogP contribution is -1.79. The molecule has 78 valence electrons. The van der Waals surface area contributed by atoms with Crippen LogP contribution in [-0.4, -0.2) is 15.2 Å². The van der Waals surface area contributed by atoms with Crippen LogP contribution in [0.15, 0.2) is 27.6 Å². The highest BCUT2D eigenvalue weighted by atomic mass is 35.5. The third kappa shape index (κ3) is 2.90. The van der Waals surface area contributed by atoms with Gasteiger partial charge in [-0.1, -0.05) is 35.9 Å². The van der Waals surface area contributed by atoms with Gasteiger partial charge in [0.1, 0.15) is 15.2 Å². The maximum atomic E-state index is 5.79. The molecule has 3 nitrogen and oxygen atoms in total. The highest BCUT2D eigenvalue weighted by Gasteiger charge is 2.05. The van der Waals surface area contributed by atoms with E-state index in [0.29, 0.717) is 5.15 Å². The number of nitrogens with zero attached hydrogens (tertiary/aromatic N) is 3. The Hall–Kier alpha value is -0.650. The first kappa shape index (κ1) is 10.9. The van der Waals surface area contributed by atoms with Crippen LogP contribution in [-0.2, 0) is 6.42 Å². The summed E-state index contributed by atoms with van der Waals surface area (Å²) in [5.74, 6) is 0. The zero-order valence-electron chi connectivity index (χ0n) is 7.98. The van der Waals surface area contributed by atoms with Crippen molar-refractivity contribution in [2.45, 2.75) is 22.7 Å². The van der Waals surface area contributed by atoms with Crippen molar-refractivity contribution in [3.8, 4) is 0 Å². The van der Waals surface area contributed by atoms with Crippen molar-refractivity contribution >= 4 is 34.7 Å². The highest BCUT2D eigenvalue weighted by molar-refractivity contribution is 8.01. The van der Waals surface area contributed by atoms with Crippen LogP contribution in [0.3, 0.4) is 0 Å². The normalized spacial score (nSPS) is 10.5. The molecule has 0 aromatic carbocycles. The Kier molecular flexibility index (Phi) is 3.56. The molecule has 2 aromatic heterocycles. The molecule has 0 aliphatic carbocycles. The van der Waals surface area contributed by atoms with Gasteiger partial charge in [0.2, 0.25) is 0 Å². The Balaban J connectivity index is 2.14. The third-order valence-electron chi connectivity index (χ3n) is 1.63. The number of hydrogen-bond donors (Lipinski definition) is 0. The fourth-order valence-electron chi connectivity index (χ4n) is 0.958. The van der Waals surface area contributed by atoms with Crippen molar-refractivity contribution < 1.29 is 0 Å². The second-order valence-corrected chi connectivity index (χ2v) is 5.43. The summed E-state index contributed by atoms with van der Waals surface area (Å²) in [5.41, 5.74) is 0. The zero-order chi connectivity index (χ0) is 10.7. The van der Waals surface area contributed by atoms with Crippen LogP contribution >= 0.6 is 34.7 Å². The van der Waals surface area contributed by atoms with Crippen LogP contribution in [0.2, 0.25) is 5.15 Å². The lowest BCUT2D eigenvalue weighted by molar-refractivity contribution is 0.942. The quantitative estimate of drug-likeness (QED) is 0.791. The van der Waals surface area contributed by atoms with Gasteiger partial charge in [0.05, 0.1) is 0 Å². The second-order valence-electron chi connectivity index (χ2n) is 2.72. The molecule has 2 aromatic rings. The van der Waals surface area contributed by atoms with Gasteiger partial charge >= 0.3 is 0 Å². The molecule has 6 heteroatoms. The molecule has 0 saturated carbocycles. The van der Waals surface area contributed by atoms with Crippen LogP contribution in [0.25, 0.3) is 0 Å². The lowest BCUT2D eigenvalue weighted by Gasteiger charge is -1.95. The second kappa shape index (κ2) is 4.92. The maximum Gasteiger partial charge on any atom is 0.180 e. The van der Waals surface area contributed by atoms with Gasteiger partial charge in [-0.2, -0.15) is 0 Å². The van der Waals surface area contributed by atoms with Crippen LogP contribution in [0.1, 0.15) is 11.9 Å². The molecule has 0 bridgehead atoms. The molecule has 0 N–H and O–H groups in total. The molecular formula is C9H8ClN3S2. The van der Waals surface area contributed by atoms with Crippen molar-refractivity contribution in [1.82, 2.24) is 15.2 Å². The van der Waals surface area contributed by atoms with Gasteiger partial charge in [0, 0.05) is 0 Å². The van der Waals surface area contributed by atoms with Crippen LogP contribution < -0.4 is 0 Å². The largest absolute Gasteiger partial charge is 0.229 e. The van der Waals surface area contributed by atoms with Crippen LogP contribution in [0.5, 0.6) is 0 Å². The van der Waals surface area contributed by atoms with E-state index >= 15 is 0 Å². The summed E-state index contributed by atoms with van der Waals surface area (Å²) in [7, 11) is 0. The summed E-state index contributed by atoms with van der Waals surface area (Å²) in [4.78, 5) is 4.17. The van der Waals surface area contributed by atoms with E-state index in [4.69, 9.17) is 11.6 Å². The van der Waals surface area contributed by atoms with E-state index in [0.717, 1.165) is 20.8 Å². The molecule has 0 aliphatic rings. The first-order valence-electron chi connectivity index (χ1n) is 4.40. The smallest absolute Gasteiger partial charge is 0.180 e. The number of halogens is 1. The van der Waals surface area contributed by atoms with Crippen molar-refractivity contribution in [3.63, 3.8) is 0 Å². The van der Waals surface area contributed by atoms with E-state index in [2.05, 4.69) is 22.1 Å². The Morgan fingerprint density at radius 2 is 2.27 bits per heavy atom. The van der Waals surface area contributed by atoms with Crippen molar-refractivity contribution in [1.29, 1.82) is 0 Å². The fourth-order valence-corrected chi connectivity index (χ4v) is 2.94. The number of hydrogen-bond acceptors (Lipinski definition) is 5. The average Bonchev–Trinajstić information content (AvgIpc) is 2.65. The molecule has 0 spiro atoms. The van der Waals surface area contributed by atoms with E-state index < -0.39 is 0 Å². The van der Waals surface area contributed by atoms with Crippen LogP contribution in [0, 0.1) is 0 Å². The Morgan fingerprint density at radius 1 is 1.40 bits per heavy atom. The van der Waals surface area contributed by atoms with Gasteiger partial charge in [-0.3, -0.25) is 0 Å².